The molecule has 0 aromatic heterocycles. The van der Waals surface area contributed by atoms with Crippen LogP contribution in [0.25, 0.3) is 0 Å². The average Bonchev–Trinajstić information content (AvgIpc) is 3.20. The molecule has 4 atom stereocenters. The second-order valence-corrected chi connectivity index (χ2v) is 7.34. The van der Waals surface area contributed by atoms with Crippen molar-refractivity contribution in [1.82, 2.24) is 10.6 Å². The Morgan fingerprint density at radius 1 is 1.07 bits per heavy atom. The second kappa shape index (κ2) is 11.4. The highest BCUT2D eigenvalue weighted by Gasteiger charge is 2.29. The molecule has 0 saturated carbocycles. The van der Waals surface area contributed by atoms with E-state index in [0.717, 1.165) is 25.5 Å². The van der Waals surface area contributed by atoms with E-state index in [4.69, 9.17) is 4.74 Å². The van der Waals surface area contributed by atoms with Crippen LogP contribution in [0, 0.1) is 5.92 Å². The van der Waals surface area contributed by atoms with Crippen LogP contribution in [0.3, 0.4) is 0 Å². The van der Waals surface area contributed by atoms with Gasteiger partial charge in [-0.25, -0.2) is 0 Å². The highest BCUT2D eigenvalue weighted by Crippen LogP contribution is 2.33. The van der Waals surface area contributed by atoms with Gasteiger partial charge in [0.05, 0.1) is 6.10 Å². The molecule has 0 radical (unpaired) electrons. The molecule has 1 saturated heterocycles. The first-order chi connectivity index (χ1) is 13.2. The molecule has 2 aromatic carbocycles. The summed E-state index contributed by atoms with van der Waals surface area (Å²) in [5, 5.41) is 7.05. The molecule has 0 aliphatic carbocycles. The zero-order chi connectivity index (χ0) is 19.1. The summed E-state index contributed by atoms with van der Waals surface area (Å²) in [5.74, 6) is 1.70. The van der Waals surface area contributed by atoms with Crippen LogP contribution in [0.15, 0.2) is 65.7 Å². The summed E-state index contributed by atoms with van der Waals surface area (Å²) in [5.41, 5.74) is 2.59. The van der Waals surface area contributed by atoms with Gasteiger partial charge in [-0.2, -0.15) is 0 Å². The van der Waals surface area contributed by atoms with Crippen molar-refractivity contribution in [2.75, 3.05) is 20.2 Å². The van der Waals surface area contributed by atoms with Crippen molar-refractivity contribution in [3.05, 3.63) is 71.8 Å². The Hall–Kier alpha value is -1.60. The number of benzene rings is 2. The molecule has 2 N–H and O–H groups in total. The summed E-state index contributed by atoms with van der Waals surface area (Å²) in [6.45, 7) is 6.12. The third-order valence-corrected chi connectivity index (χ3v) is 5.54. The van der Waals surface area contributed by atoms with Crippen LogP contribution in [-0.4, -0.2) is 32.2 Å². The smallest absolute Gasteiger partial charge is 0.191 e. The van der Waals surface area contributed by atoms with Gasteiger partial charge in [-0.15, -0.1) is 24.0 Å². The fraction of sp³-hybridized carbons (Fsp3) is 0.435. The van der Waals surface area contributed by atoms with Crippen LogP contribution in [-0.2, 0) is 4.74 Å². The van der Waals surface area contributed by atoms with E-state index >= 15 is 0 Å². The first-order valence-corrected chi connectivity index (χ1v) is 9.87. The first kappa shape index (κ1) is 22.7. The molecular formula is C23H32IN3O. The molecule has 1 aliphatic heterocycles. The predicted molar refractivity (Wildman–Crippen MR) is 127 cm³/mol. The number of aliphatic imine (C=N–C) groups is 1. The maximum absolute atomic E-state index is 5.99. The topological polar surface area (TPSA) is 45.7 Å². The molecule has 3 rings (SSSR count). The van der Waals surface area contributed by atoms with Gasteiger partial charge < -0.3 is 15.4 Å². The summed E-state index contributed by atoms with van der Waals surface area (Å²) in [6, 6.07) is 21.4. The normalized spacial score (nSPS) is 21.5. The van der Waals surface area contributed by atoms with Crippen LogP contribution in [0.2, 0.25) is 0 Å². The molecule has 4 nitrogen and oxygen atoms in total. The fourth-order valence-electron chi connectivity index (χ4n) is 3.66. The van der Waals surface area contributed by atoms with Crippen LogP contribution < -0.4 is 10.6 Å². The molecule has 2 aromatic rings. The number of hydrogen-bond acceptors (Lipinski definition) is 2. The largest absolute Gasteiger partial charge is 0.373 e. The monoisotopic (exact) mass is 493 g/mol. The Kier molecular flexibility index (Phi) is 9.25. The lowest BCUT2D eigenvalue weighted by Crippen LogP contribution is -2.45. The van der Waals surface area contributed by atoms with Crippen molar-refractivity contribution in [2.24, 2.45) is 10.9 Å². The Morgan fingerprint density at radius 3 is 2.36 bits per heavy atom. The summed E-state index contributed by atoms with van der Waals surface area (Å²) in [4.78, 5) is 4.42. The highest BCUT2D eigenvalue weighted by atomic mass is 127. The van der Waals surface area contributed by atoms with E-state index in [0.29, 0.717) is 11.8 Å². The van der Waals surface area contributed by atoms with E-state index in [1.54, 1.807) is 0 Å². The number of hydrogen-bond donors (Lipinski definition) is 2. The maximum atomic E-state index is 5.99. The van der Waals surface area contributed by atoms with Gasteiger partial charge in [-0.3, -0.25) is 4.99 Å². The number of nitrogens with one attached hydrogen (secondary N) is 2. The van der Waals surface area contributed by atoms with Crippen molar-refractivity contribution in [3.8, 4) is 0 Å². The van der Waals surface area contributed by atoms with Crippen LogP contribution in [0.4, 0.5) is 0 Å². The number of guanidine groups is 1. The Morgan fingerprint density at radius 2 is 1.71 bits per heavy atom. The van der Waals surface area contributed by atoms with Crippen LogP contribution >= 0.6 is 24.0 Å². The fourth-order valence-corrected chi connectivity index (χ4v) is 3.66. The number of rotatable bonds is 6. The molecule has 0 amide bonds. The Bertz CT molecular complexity index is 723. The lowest BCUT2D eigenvalue weighted by Gasteiger charge is -2.25. The van der Waals surface area contributed by atoms with Gasteiger partial charge in [0.2, 0.25) is 0 Å². The molecular weight excluding hydrogens is 461 g/mol. The van der Waals surface area contributed by atoms with Gasteiger partial charge in [0.15, 0.2) is 5.96 Å². The van der Waals surface area contributed by atoms with Crippen molar-refractivity contribution >= 4 is 29.9 Å². The minimum absolute atomic E-state index is 0. The average molecular weight is 493 g/mol. The molecule has 4 unspecified atom stereocenters. The molecule has 0 spiro atoms. The standard InChI is InChI=1S/C23H31N3O.HI/c1-17(19-10-6-4-7-11-19)18(2)26-23(24-3)25-16-21-14-15-27-22(21)20-12-8-5-9-13-20;/h4-13,17-18,21-22H,14-16H2,1-3H3,(H2,24,25,26);1H. The lowest BCUT2D eigenvalue weighted by atomic mass is 9.94. The van der Waals surface area contributed by atoms with Gasteiger partial charge in [-0.1, -0.05) is 67.6 Å². The van der Waals surface area contributed by atoms with Gasteiger partial charge >= 0.3 is 0 Å². The number of ether oxygens (including phenoxy) is 1. The van der Waals surface area contributed by atoms with E-state index in [2.05, 4.69) is 84.1 Å². The second-order valence-electron chi connectivity index (χ2n) is 7.34. The van der Waals surface area contributed by atoms with Crippen molar-refractivity contribution < 1.29 is 4.74 Å². The van der Waals surface area contributed by atoms with E-state index in [1.807, 2.05) is 13.1 Å². The van der Waals surface area contributed by atoms with E-state index in [1.165, 1.54) is 11.1 Å². The van der Waals surface area contributed by atoms with Gasteiger partial charge in [-0.05, 0) is 24.5 Å². The Balaban J connectivity index is 0.00000280. The SMILES string of the molecule is CN=C(NCC1CCOC1c1ccccc1)NC(C)C(C)c1ccccc1.I. The first-order valence-electron chi connectivity index (χ1n) is 9.87. The molecule has 0 bridgehead atoms. The highest BCUT2D eigenvalue weighted by molar-refractivity contribution is 14.0. The zero-order valence-corrected chi connectivity index (χ0v) is 19.3. The summed E-state index contributed by atoms with van der Waals surface area (Å²) < 4.78 is 5.99. The summed E-state index contributed by atoms with van der Waals surface area (Å²) in [6.07, 6.45) is 1.23. The number of halogens is 1. The molecule has 5 heteroatoms. The maximum Gasteiger partial charge on any atom is 0.191 e. The summed E-state index contributed by atoms with van der Waals surface area (Å²) >= 11 is 0. The minimum atomic E-state index is 0. The third-order valence-electron chi connectivity index (χ3n) is 5.54. The summed E-state index contributed by atoms with van der Waals surface area (Å²) in [7, 11) is 1.83. The molecule has 1 aliphatic rings. The molecule has 152 valence electrons. The van der Waals surface area contributed by atoms with Crippen LogP contribution in [0.5, 0.6) is 0 Å². The van der Waals surface area contributed by atoms with Gasteiger partial charge in [0, 0.05) is 38.1 Å². The Labute approximate surface area is 186 Å². The van der Waals surface area contributed by atoms with Gasteiger partial charge in [0.1, 0.15) is 0 Å². The van der Waals surface area contributed by atoms with Crippen LogP contribution in [0.1, 0.15) is 43.4 Å². The van der Waals surface area contributed by atoms with Crippen molar-refractivity contribution in [1.29, 1.82) is 0 Å². The quantitative estimate of drug-likeness (QED) is 0.347. The van der Waals surface area contributed by atoms with E-state index < -0.39 is 0 Å². The number of nitrogens with zero attached hydrogens (tertiary/aromatic N) is 1. The van der Waals surface area contributed by atoms with E-state index in [9.17, 15) is 0 Å². The minimum Gasteiger partial charge on any atom is -0.373 e. The molecule has 1 fully saturated rings. The lowest BCUT2D eigenvalue weighted by molar-refractivity contribution is 0.0915. The van der Waals surface area contributed by atoms with E-state index in [-0.39, 0.29) is 36.1 Å². The molecule has 1 heterocycles. The van der Waals surface area contributed by atoms with Gasteiger partial charge in [0.25, 0.3) is 0 Å². The van der Waals surface area contributed by atoms with Crippen molar-refractivity contribution in [2.45, 2.75) is 38.3 Å². The zero-order valence-electron chi connectivity index (χ0n) is 17.0. The molecule has 28 heavy (non-hydrogen) atoms. The third kappa shape index (κ3) is 5.95. The predicted octanol–water partition coefficient (Wildman–Crippen LogP) is 4.74. The van der Waals surface area contributed by atoms with Crippen molar-refractivity contribution in [3.63, 3.8) is 0 Å².